The normalized spacial score (nSPS) is 21.4. The number of pyridine rings is 1. The molecule has 1 aromatic heterocycles. The Bertz CT molecular complexity index is 358. The number of hydrogen-bond acceptors (Lipinski definition) is 5. The number of hydrogen-bond donors (Lipinski definition) is 2. The zero-order chi connectivity index (χ0) is 12.1. The van der Waals surface area contributed by atoms with Crippen molar-refractivity contribution in [3.63, 3.8) is 0 Å². The van der Waals surface area contributed by atoms with Crippen molar-refractivity contribution in [2.75, 3.05) is 33.3 Å². The molecule has 2 heterocycles. The number of nitrogens with two attached hydrogens (primary N) is 1. The van der Waals surface area contributed by atoms with Crippen molar-refractivity contribution in [1.82, 2.24) is 15.2 Å². The lowest BCUT2D eigenvalue weighted by molar-refractivity contribution is 0.156. The third kappa shape index (κ3) is 2.94. The molecule has 17 heavy (non-hydrogen) atoms. The van der Waals surface area contributed by atoms with Crippen molar-refractivity contribution in [2.45, 2.75) is 12.6 Å². The summed E-state index contributed by atoms with van der Waals surface area (Å²) >= 11 is 0. The molecule has 1 saturated heterocycles. The summed E-state index contributed by atoms with van der Waals surface area (Å²) in [5, 5.41) is 3.36. The van der Waals surface area contributed by atoms with E-state index in [1.54, 1.807) is 13.3 Å². The van der Waals surface area contributed by atoms with E-state index in [0.29, 0.717) is 18.5 Å². The summed E-state index contributed by atoms with van der Waals surface area (Å²) in [6, 6.07) is 4.40. The fourth-order valence-corrected chi connectivity index (χ4v) is 2.19. The number of rotatable bonds is 4. The molecule has 0 radical (unpaired) electrons. The molecule has 1 aromatic rings. The Kier molecular flexibility index (Phi) is 4.30. The monoisotopic (exact) mass is 236 g/mol. The molecule has 3 N–H and O–H groups in total. The topological polar surface area (TPSA) is 63.4 Å². The first kappa shape index (κ1) is 12.3. The molecule has 5 heteroatoms. The van der Waals surface area contributed by atoms with Crippen LogP contribution in [-0.4, -0.2) is 49.2 Å². The molecule has 0 saturated carbocycles. The van der Waals surface area contributed by atoms with Crippen LogP contribution in [0, 0.1) is 0 Å². The van der Waals surface area contributed by atoms with Crippen LogP contribution in [0.15, 0.2) is 18.3 Å². The van der Waals surface area contributed by atoms with E-state index < -0.39 is 0 Å². The van der Waals surface area contributed by atoms with E-state index in [1.807, 2.05) is 6.07 Å². The molecule has 0 aliphatic carbocycles. The van der Waals surface area contributed by atoms with Crippen molar-refractivity contribution < 1.29 is 4.74 Å². The number of aromatic nitrogens is 1. The SMILES string of the molecule is COc1ncccc1CN1CCNCC1CN. The van der Waals surface area contributed by atoms with Gasteiger partial charge in [-0.3, -0.25) is 4.90 Å². The van der Waals surface area contributed by atoms with Gasteiger partial charge in [0, 0.05) is 50.5 Å². The largest absolute Gasteiger partial charge is 0.481 e. The van der Waals surface area contributed by atoms with E-state index in [-0.39, 0.29) is 0 Å². The fraction of sp³-hybridized carbons (Fsp3) is 0.583. The number of nitrogens with zero attached hydrogens (tertiary/aromatic N) is 2. The summed E-state index contributed by atoms with van der Waals surface area (Å²) in [6.07, 6.45) is 1.75. The van der Waals surface area contributed by atoms with Gasteiger partial charge < -0.3 is 15.8 Å². The highest BCUT2D eigenvalue weighted by atomic mass is 16.5. The molecule has 5 nitrogen and oxygen atoms in total. The van der Waals surface area contributed by atoms with Crippen LogP contribution in [0.1, 0.15) is 5.56 Å². The molecule has 1 aliphatic rings. The number of methoxy groups -OCH3 is 1. The minimum absolute atomic E-state index is 0.397. The predicted molar refractivity (Wildman–Crippen MR) is 66.9 cm³/mol. The van der Waals surface area contributed by atoms with Gasteiger partial charge in [0.2, 0.25) is 5.88 Å². The summed E-state index contributed by atoms with van der Waals surface area (Å²) in [6.45, 7) is 4.51. The summed E-state index contributed by atoms with van der Waals surface area (Å²) < 4.78 is 5.27. The molecular formula is C12H20N4O. The smallest absolute Gasteiger partial charge is 0.217 e. The highest BCUT2D eigenvalue weighted by Crippen LogP contribution is 2.17. The predicted octanol–water partition coefficient (Wildman–Crippen LogP) is -0.177. The van der Waals surface area contributed by atoms with Crippen LogP contribution in [0.4, 0.5) is 0 Å². The lowest BCUT2D eigenvalue weighted by Gasteiger charge is -2.35. The first-order valence-corrected chi connectivity index (χ1v) is 5.98. The average molecular weight is 236 g/mol. The van der Waals surface area contributed by atoms with Crippen LogP contribution in [0.3, 0.4) is 0 Å². The maximum Gasteiger partial charge on any atom is 0.217 e. The Morgan fingerprint density at radius 3 is 3.29 bits per heavy atom. The lowest BCUT2D eigenvalue weighted by atomic mass is 10.1. The van der Waals surface area contributed by atoms with Crippen molar-refractivity contribution in [3.8, 4) is 5.88 Å². The second-order valence-corrected chi connectivity index (χ2v) is 4.24. The second-order valence-electron chi connectivity index (χ2n) is 4.24. The third-order valence-electron chi connectivity index (χ3n) is 3.16. The number of ether oxygens (including phenoxy) is 1. The second kappa shape index (κ2) is 5.95. The lowest BCUT2D eigenvalue weighted by Crippen LogP contribution is -2.53. The van der Waals surface area contributed by atoms with Crippen molar-refractivity contribution >= 4 is 0 Å². The summed E-state index contributed by atoms with van der Waals surface area (Å²) in [4.78, 5) is 6.60. The van der Waals surface area contributed by atoms with Gasteiger partial charge in [-0.15, -0.1) is 0 Å². The molecule has 1 unspecified atom stereocenters. The number of piperazine rings is 1. The summed E-state index contributed by atoms with van der Waals surface area (Å²) in [5.74, 6) is 0.710. The first-order valence-electron chi connectivity index (χ1n) is 5.98. The van der Waals surface area contributed by atoms with Crippen molar-refractivity contribution in [2.24, 2.45) is 5.73 Å². The molecular weight excluding hydrogens is 216 g/mol. The van der Waals surface area contributed by atoms with Crippen molar-refractivity contribution in [3.05, 3.63) is 23.9 Å². The minimum atomic E-state index is 0.397. The Morgan fingerprint density at radius 2 is 2.53 bits per heavy atom. The average Bonchev–Trinajstić information content (AvgIpc) is 2.40. The van der Waals surface area contributed by atoms with Crippen LogP contribution in [0.2, 0.25) is 0 Å². The van der Waals surface area contributed by atoms with Crippen molar-refractivity contribution in [1.29, 1.82) is 0 Å². The summed E-state index contributed by atoms with van der Waals surface area (Å²) in [5.41, 5.74) is 6.91. The van der Waals surface area contributed by atoms with E-state index in [9.17, 15) is 0 Å². The molecule has 2 rings (SSSR count). The highest BCUT2D eigenvalue weighted by Gasteiger charge is 2.21. The van der Waals surface area contributed by atoms with Crippen LogP contribution in [-0.2, 0) is 6.54 Å². The minimum Gasteiger partial charge on any atom is -0.481 e. The Labute approximate surface area is 102 Å². The summed E-state index contributed by atoms with van der Waals surface area (Å²) in [7, 11) is 1.66. The first-order chi connectivity index (χ1) is 8.35. The standard InChI is InChI=1S/C12H20N4O/c1-17-12-10(3-2-4-15-12)9-16-6-5-14-8-11(16)7-13/h2-4,11,14H,5-9,13H2,1H3. The Hall–Kier alpha value is -1.17. The van der Waals surface area contributed by atoms with Gasteiger partial charge in [-0.1, -0.05) is 6.07 Å². The quantitative estimate of drug-likeness (QED) is 0.759. The van der Waals surface area contributed by atoms with Crippen LogP contribution >= 0.6 is 0 Å². The van der Waals surface area contributed by atoms with Gasteiger partial charge in [-0.2, -0.15) is 0 Å². The number of nitrogens with one attached hydrogen (secondary N) is 1. The molecule has 0 amide bonds. The molecule has 1 aliphatic heterocycles. The van der Waals surface area contributed by atoms with Gasteiger partial charge in [-0.25, -0.2) is 4.98 Å². The van der Waals surface area contributed by atoms with E-state index >= 15 is 0 Å². The third-order valence-corrected chi connectivity index (χ3v) is 3.16. The zero-order valence-electron chi connectivity index (χ0n) is 10.2. The maximum atomic E-state index is 5.79. The van der Waals surface area contributed by atoms with Gasteiger partial charge >= 0.3 is 0 Å². The van der Waals surface area contributed by atoms with E-state index in [0.717, 1.165) is 31.7 Å². The van der Waals surface area contributed by atoms with Gasteiger partial charge in [0.1, 0.15) is 0 Å². The van der Waals surface area contributed by atoms with Gasteiger partial charge in [0.05, 0.1) is 7.11 Å². The molecule has 0 bridgehead atoms. The Balaban J connectivity index is 2.08. The van der Waals surface area contributed by atoms with E-state index in [4.69, 9.17) is 10.5 Å². The molecule has 0 spiro atoms. The zero-order valence-corrected chi connectivity index (χ0v) is 10.2. The molecule has 1 fully saturated rings. The van der Waals surface area contributed by atoms with E-state index in [1.165, 1.54) is 0 Å². The fourth-order valence-electron chi connectivity index (χ4n) is 2.19. The Morgan fingerprint density at radius 1 is 1.65 bits per heavy atom. The maximum absolute atomic E-state index is 5.79. The van der Waals surface area contributed by atoms with Crippen LogP contribution in [0.25, 0.3) is 0 Å². The van der Waals surface area contributed by atoms with Crippen LogP contribution < -0.4 is 15.8 Å². The molecule has 94 valence electrons. The highest BCUT2D eigenvalue weighted by molar-refractivity contribution is 5.25. The van der Waals surface area contributed by atoms with Crippen LogP contribution in [0.5, 0.6) is 5.88 Å². The molecule has 0 aromatic carbocycles. The van der Waals surface area contributed by atoms with E-state index in [2.05, 4.69) is 21.3 Å². The van der Waals surface area contributed by atoms with Gasteiger partial charge in [-0.05, 0) is 6.07 Å². The van der Waals surface area contributed by atoms with Gasteiger partial charge in [0.25, 0.3) is 0 Å². The molecule has 1 atom stereocenters. The van der Waals surface area contributed by atoms with Gasteiger partial charge in [0.15, 0.2) is 0 Å².